The van der Waals surface area contributed by atoms with Gasteiger partial charge in [0, 0.05) is 77.7 Å². The Labute approximate surface area is 415 Å². The van der Waals surface area contributed by atoms with Crippen LogP contribution in [-0.4, -0.2) is 67.5 Å². The van der Waals surface area contributed by atoms with Crippen molar-refractivity contribution in [1.82, 2.24) is 19.9 Å². The number of pyridine rings is 4. The van der Waals surface area contributed by atoms with Crippen LogP contribution in [0.15, 0.2) is 85.2 Å². The van der Waals surface area contributed by atoms with Gasteiger partial charge in [0.25, 0.3) is 0 Å². The van der Waals surface area contributed by atoms with Crippen LogP contribution in [0.3, 0.4) is 0 Å². The molecule has 1 fully saturated rings. The van der Waals surface area contributed by atoms with Crippen LogP contribution in [-0.2, 0) is 48.1 Å². The fourth-order valence-electron chi connectivity index (χ4n) is 8.36. The van der Waals surface area contributed by atoms with E-state index in [-0.39, 0.29) is 43.4 Å². The molecule has 7 nitrogen and oxygen atoms in total. The van der Waals surface area contributed by atoms with Gasteiger partial charge >= 0.3 is 18.9 Å². The molecule has 67 heavy (non-hydrogen) atoms. The van der Waals surface area contributed by atoms with E-state index in [4.69, 9.17) is 14.7 Å². The third-order valence-electron chi connectivity index (χ3n) is 12.0. The van der Waals surface area contributed by atoms with E-state index in [2.05, 4.69) is 34.2 Å². The van der Waals surface area contributed by atoms with Crippen molar-refractivity contribution in [3.05, 3.63) is 154 Å². The Kier molecular flexibility index (Phi) is 21.9. The number of nitrogens with zero attached hydrogens (tertiary/aromatic N) is 4. The molecule has 5 heterocycles. The largest absolute Gasteiger partial charge is 1.00 e. The Morgan fingerprint density at radius 2 is 1.13 bits per heavy atom. The van der Waals surface area contributed by atoms with Gasteiger partial charge in [-0.15, -0.1) is 0 Å². The number of aliphatic hydroxyl groups is 1. The predicted octanol–water partition coefficient (Wildman–Crippen LogP) is 8.09. The summed E-state index contributed by atoms with van der Waals surface area (Å²) in [6, 6.07) is 16.5. The SMILES string of the molecule is C1CCOC1.O=C(/C=C/c1cnc2cc(F)c(F)cc2c1)CCCCc1ccc2c(n1)CCCC2.OC(/C=C/c1cnc2cc(F)c(F)cc2c1)CCCCc1ccc2c(n1)CCCC2.[AlH3].[H-].[Li+]. The molecule has 0 bridgehead atoms. The summed E-state index contributed by atoms with van der Waals surface area (Å²) in [6.45, 7) is 2.00. The summed E-state index contributed by atoms with van der Waals surface area (Å²) in [5.74, 6) is -3.58. The summed E-state index contributed by atoms with van der Waals surface area (Å²) in [6.07, 6.45) is 27.9. The second-order valence-electron chi connectivity index (χ2n) is 17.2. The number of fused-ring (bicyclic) bond motifs is 4. The molecule has 9 rings (SSSR count). The molecule has 4 aromatic heterocycles. The number of allylic oxidation sites excluding steroid dienone is 1. The number of hydrogen-bond donors (Lipinski definition) is 1. The molecule has 6 aromatic rings. The monoisotopic (exact) mass is 924 g/mol. The maximum atomic E-state index is 13.4. The molecular weight excluding hydrogens is 863 g/mol. The number of hydrogen-bond acceptors (Lipinski definition) is 7. The summed E-state index contributed by atoms with van der Waals surface area (Å²) >= 11 is 0. The summed E-state index contributed by atoms with van der Waals surface area (Å²) < 4.78 is 58.3. The van der Waals surface area contributed by atoms with Crippen molar-refractivity contribution < 1.29 is 52.5 Å². The third kappa shape index (κ3) is 16.6. The van der Waals surface area contributed by atoms with E-state index in [0.29, 0.717) is 40.2 Å². The minimum absolute atomic E-state index is 0. The summed E-state index contributed by atoms with van der Waals surface area (Å²) in [4.78, 5) is 30.0. The Morgan fingerprint density at radius 1 is 0.642 bits per heavy atom. The van der Waals surface area contributed by atoms with Crippen molar-refractivity contribution >= 4 is 57.1 Å². The Hall–Kier alpha value is -4.52. The van der Waals surface area contributed by atoms with Gasteiger partial charge in [-0.2, -0.15) is 0 Å². The molecule has 0 spiro atoms. The molecule has 348 valence electrons. The number of aliphatic hydroxyl groups excluding tert-OH is 1. The van der Waals surface area contributed by atoms with Crippen LogP contribution in [0.25, 0.3) is 34.0 Å². The molecule has 1 N–H and O–H groups in total. The van der Waals surface area contributed by atoms with Gasteiger partial charge in [0.05, 0.1) is 17.1 Å². The zero-order valence-corrected chi connectivity index (χ0v) is 38.0. The van der Waals surface area contributed by atoms with E-state index in [1.165, 1.54) is 67.1 Å². The van der Waals surface area contributed by atoms with E-state index >= 15 is 0 Å². The van der Waals surface area contributed by atoms with Crippen molar-refractivity contribution in [1.29, 1.82) is 0 Å². The zero-order valence-electron chi connectivity index (χ0n) is 39.0. The third-order valence-corrected chi connectivity index (χ3v) is 12.0. The average molecular weight is 925 g/mol. The van der Waals surface area contributed by atoms with E-state index in [9.17, 15) is 27.5 Å². The first kappa shape index (κ1) is 53.4. The number of rotatable bonds is 14. The molecule has 1 saturated heterocycles. The number of ether oxygens (including phenoxy) is 1. The van der Waals surface area contributed by atoms with Crippen molar-refractivity contribution in [3.8, 4) is 0 Å². The molecule has 3 aliphatic rings. The van der Waals surface area contributed by atoms with Crippen LogP contribution in [0, 0.1) is 23.3 Å². The van der Waals surface area contributed by atoms with Gasteiger partial charge in [0.1, 0.15) is 0 Å². The van der Waals surface area contributed by atoms with E-state index in [0.717, 1.165) is 119 Å². The van der Waals surface area contributed by atoms with Crippen LogP contribution in [0.5, 0.6) is 0 Å². The molecule has 0 saturated carbocycles. The number of ketones is 1. The van der Waals surface area contributed by atoms with Crippen molar-refractivity contribution in [2.45, 2.75) is 122 Å². The number of carbonyl (C=O) groups excluding carboxylic acids is 1. The maximum absolute atomic E-state index is 13.4. The molecule has 1 atom stereocenters. The van der Waals surface area contributed by atoms with Gasteiger partial charge in [-0.3, -0.25) is 24.7 Å². The molecule has 13 heteroatoms. The molecule has 1 unspecified atom stereocenters. The average Bonchev–Trinajstić information content (AvgIpc) is 3.92. The fourth-order valence-corrected chi connectivity index (χ4v) is 8.36. The Balaban J connectivity index is 0.000000258. The number of carbonyl (C=O) groups is 1. The van der Waals surface area contributed by atoms with Gasteiger partial charge in [-0.25, -0.2) is 17.6 Å². The summed E-state index contributed by atoms with van der Waals surface area (Å²) in [7, 11) is 0. The van der Waals surface area contributed by atoms with Crippen LogP contribution in [0.1, 0.15) is 124 Å². The van der Waals surface area contributed by atoms with Gasteiger partial charge in [0.2, 0.25) is 0 Å². The van der Waals surface area contributed by atoms with Crippen LogP contribution < -0.4 is 18.9 Å². The minimum Gasteiger partial charge on any atom is -1.00 e. The first-order valence-electron chi connectivity index (χ1n) is 23.3. The van der Waals surface area contributed by atoms with Gasteiger partial charge in [0.15, 0.2) is 46.4 Å². The Bertz CT molecular complexity index is 2630. The van der Waals surface area contributed by atoms with Gasteiger partial charge in [-0.1, -0.05) is 30.7 Å². The standard InChI is InChI=1S/C25H26F2N2O.C25H24F2N2O.C4H8O.Al.Li.4H/c2*26-22-14-19-13-17(16-28-25(19)15-23(22)27)9-12-21(30)7-3-2-6-20-11-10-18-5-1-4-8-24(18)29-20;1-2-4-5-3-1;;;;;;/h9-16,21,30H,1-8H2;9-16H,1-8H2;1-4H2;;;;;;/q;;;;+1;;;;-1/b2*12-9+;;;;;;;. The maximum Gasteiger partial charge on any atom is 1.00 e. The van der Waals surface area contributed by atoms with Crippen molar-refractivity contribution in [3.63, 3.8) is 0 Å². The number of halogens is 4. The normalized spacial score (nSPS) is 14.6. The molecule has 1 aliphatic heterocycles. The first-order valence-corrected chi connectivity index (χ1v) is 23.3. The molecule has 2 aromatic carbocycles. The molecule has 2 aliphatic carbocycles. The summed E-state index contributed by atoms with van der Waals surface area (Å²) in [5.41, 5.74) is 9.79. The molecule has 0 radical (unpaired) electrons. The van der Waals surface area contributed by atoms with Crippen molar-refractivity contribution in [2.24, 2.45) is 0 Å². The molecule has 0 amide bonds. The molecular formula is C54H62AlF4LiN4O3. The van der Waals surface area contributed by atoms with Crippen LogP contribution in [0.4, 0.5) is 17.6 Å². The number of aryl methyl sites for hydroxylation is 6. The topological polar surface area (TPSA) is 98.1 Å². The fraction of sp³-hybridized carbons (Fsp3) is 0.389. The number of unbranched alkanes of at least 4 members (excludes halogenated alkanes) is 2. The first-order chi connectivity index (χ1) is 31.7. The van der Waals surface area contributed by atoms with Crippen LogP contribution >= 0.6 is 0 Å². The number of benzene rings is 2. The van der Waals surface area contributed by atoms with E-state index in [1.54, 1.807) is 42.8 Å². The minimum atomic E-state index is -0.918. The predicted molar refractivity (Wildman–Crippen MR) is 260 cm³/mol. The van der Waals surface area contributed by atoms with Gasteiger partial charge in [-0.05, 0) is 174 Å². The smallest absolute Gasteiger partial charge is 1.00 e. The quantitative estimate of drug-likeness (QED) is 0.0511. The Morgan fingerprint density at radius 3 is 1.66 bits per heavy atom. The van der Waals surface area contributed by atoms with Crippen molar-refractivity contribution in [2.75, 3.05) is 13.2 Å². The van der Waals surface area contributed by atoms with E-state index < -0.39 is 29.4 Å². The second kappa shape index (κ2) is 27.5. The van der Waals surface area contributed by atoms with Crippen LogP contribution in [0.2, 0.25) is 0 Å². The second-order valence-corrected chi connectivity index (χ2v) is 17.2. The van der Waals surface area contributed by atoms with E-state index in [1.807, 2.05) is 0 Å². The number of aromatic nitrogens is 4. The van der Waals surface area contributed by atoms with Gasteiger partial charge < -0.3 is 11.3 Å². The zero-order chi connectivity index (χ0) is 45.4. The summed E-state index contributed by atoms with van der Waals surface area (Å²) in [5, 5.41) is 11.3.